The van der Waals surface area contributed by atoms with Gasteiger partial charge in [-0.1, -0.05) is 64.4 Å². The van der Waals surface area contributed by atoms with Gasteiger partial charge in [0.2, 0.25) is 0 Å². The number of aryl methyl sites for hydroxylation is 1. The average Bonchev–Trinajstić information content (AvgIpc) is 3.24. The van der Waals surface area contributed by atoms with E-state index < -0.39 is 27.7 Å². The summed E-state index contributed by atoms with van der Waals surface area (Å²) >= 11 is 13.5. The van der Waals surface area contributed by atoms with Crippen LogP contribution in [-0.4, -0.2) is 25.6 Å². The first-order chi connectivity index (χ1) is 20.0. The van der Waals surface area contributed by atoms with Gasteiger partial charge in [0.1, 0.15) is 10.6 Å². The lowest BCUT2D eigenvalue weighted by Crippen LogP contribution is -2.39. The van der Waals surface area contributed by atoms with Crippen molar-refractivity contribution in [2.24, 2.45) is 4.99 Å². The van der Waals surface area contributed by atoms with Gasteiger partial charge in [0.25, 0.3) is 5.56 Å². The van der Waals surface area contributed by atoms with Crippen LogP contribution in [0.3, 0.4) is 0 Å². The van der Waals surface area contributed by atoms with Crippen molar-refractivity contribution >= 4 is 56.7 Å². The number of ether oxygens (including phenoxy) is 1. The molecule has 1 aliphatic heterocycles. The molecule has 0 bridgehead atoms. The van der Waals surface area contributed by atoms with E-state index in [0.29, 0.717) is 26.1 Å². The number of rotatable bonds is 7. The standard InChI is InChI=1S/C30H24Cl2N2O6S2/c1-4-39-29(36)26-18(3)33-30-34(27(26)19-7-9-21(31)10-8-19)28(35)25(41-30)16-20-15-22(32)11-14-24(20)40-42(37,38)23-12-5-17(2)6-13-23/h5-16,27H,4H2,1-3H3/b25-16+. The van der Waals surface area contributed by atoms with Crippen LogP contribution in [-0.2, 0) is 19.6 Å². The molecule has 1 aromatic heterocycles. The molecule has 12 heteroatoms. The van der Waals surface area contributed by atoms with E-state index in [4.69, 9.17) is 32.1 Å². The van der Waals surface area contributed by atoms with Crippen LogP contribution >= 0.6 is 34.5 Å². The van der Waals surface area contributed by atoms with E-state index >= 15 is 0 Å². The van der Waals surface area contributed by atoms with E-state index in [1.165, 1.54) is 41.0 Å². The smallest absolute Gasteiger partial charge is 0.339 e. The third-order valence-electron chi connectivity index (χ3n) is 6.47. The highest BCUT2D eigenvalue weighted by Crippen LogP contribution is 2.32. The van der Waals surface area contributed by atoms with Crippen LogP contribution in [0.15, 0.2) is 92.7 Å². The Morgan fingerprint density at radius 3 is 2.36 bits per heavy atom. The van der Waals surface area contributed by atoms with E-state index in [0.717, 1.165) is 16.9 Å². The zero-order chi connectivity index (χ0) is 30.2. The van der Waals surface area contributed by atoms with E-state index in [1.54, 1.807) is 50.2 Å². The molecule has 1 unspecified atom stereocenters. The van der Waals surface area contributed by atoms with Crippen molar-refractivity contribution in [2.45, 2.75) is 31.7 Å². The maximum absolute atomic E-state index is 13.9. The normalized spacial score (nSPS) is 15.3. The minimum atomic E-state index is -4.18. The van der Waals surface area contributed by atoms with Gasteiger partial charge in [-0.3, -0.25) is 9.36 Å². The molecular weight excluding hydrogens is 619 g/mol. The summed E-state index contributed by atoms with van der Waals surface area (Å²) in [6.07, 6.45) is 1.50. The number of hydrogen-bond donors (Lipinski definition) is 0. The van der Waals surface area contributed by atoms with Gasteiger partial charge in [-0.15, -0.1) is 0 Å². The molecule has 0 spiro atoms. The number of nitrogens with zero attached hydrogens (tertiary/aromatic N) is 2. The van der Waals surface area contributed by atoms with Crippen LogP contribution in [0.25, 0.3) is 6.08 Å². The van der Waals surface area contributed by atoms with E-state index in [-0.39, 0.29) is 32.9 Å². The van der Waals surface area contributed by atoms with Gasteiger partial charge >= 0.3 is 16.1 Å². The van der Waals surface area contributed by atoms with Crippen molar-refractivity contribution < 1.29 is 22.1 Å². The molecule has 0 saturated carbocycles. The Labute approximate surface area is 255 Å². The second kappa shape index (κ2) is 11.9. The first-order valence-electron chi connectivity index (χ1n) is 12.7. The molecule has 1 aliphatic rings. The number of aromatic nitrogens is 1. The lowest BCUT2D eigenvalue weighted by atomic mass is 9.96. The predicted octanol–water partition coefficient (Wildman–Crippen LogP) is 5.18. The molecule has 216 valence electrons. The number of benzene rings is 3. The third-order valence-corrected chi connectivity index (χ3v) is 9.19. The van der Waals surface area contributed by atoms with Crippen molar-refractivity contribution in [3.8, 4) is 5.75 Å². The molecule has 1 atom stereocenters. The van der Waals surface area contributed by atoms with Crippen LogP contribution < -0.4 is 19.1 Å². The summed E-state index contributed by atoms with van der Waals surface area (Å²) in [5.41, 5.74) is 2.01. The molecule has 5 rings (SSSR count). The fourth-order valence-corrected chi connectivity index (χ4v) is 6.77. The Morgan fingerprint density at radius 1 is 1.02 bits per heavy atom. The van der Waals surface area contributed by atoms with Crippen LogP contribution in [0, 0.1) is 6.92 Å². The molecule has 0 amide bonds. The van der Waals surface area contributed by atoms with Gasteiger partial charge in [0.15, 0.2) is 4.80 Å². The number of fused-ring (bicyclic) bond motifs is 1. The minimum absolute atomic E-state index is 0.0107. The van der Waals surface area contributed by atoms with E-state index in [9.17, 15) is 18.0 Å². The van der Waals surface area contributed by atoms with Crippen LogP contribution in [0.4, 0.5) is 0 Å². The Balaban J connectivity index is 1.66. The molecule has 42 heavy (non-hydrogen) atoms. The molecule has 0 N–H and O–H groups in total. The molecule has 0 fully saturated rings. The summed E-state index contributed by atoms with van der Waals surface area (Å²) in [4.78, 5) is 31.9. The lowest BCUT2D eigenvalue weighted by Gasteiger charge is -2.24. The molecule has 4 aromatic rings. The number of thiazole rings is 1. The highest BCUT2D eigenvalue weighted by Gasteiger charge is 2.33. The Kier molecular flexibility index (Phi) is 8.43. The van der Waals surface area contributed by atoms with Gasteiger partial charge in [-0.25, -0.2) is 9.79 Å². The largest absolute Gasteiger partial charge is 0.463 e. The number of allylic oxidation sites excluding steroid dienone is 1. The molecule has 0 saturated heterocycles. The van der Waals surface area contributed by atoms with Crippen molar-refractivity contribution in [3.63, 3.8) is 0 Å². The van der Waals surface area contributed by atoms with Crippen molar-refractivity contribution in [1.29, 1.82) is 0 Å². The van der Waals surface area contributed by atoms with Crippen LogP contribution in [0.5, 0.6) is 5.75 Å². The average molecular weight is 644 g/mol. The van der Waals surface area contributed by atoms with Crippen LogP contribution in [0.1, 0.15) is 36.6 Å². The maximum Gasteiger partial charge on any atom is 0.339 e. The number of carbonyl (C=O) groups is 1. The molecule has 0 radical (unpaired) electrons. The summed E-state index contributed by atoms with van der Waals surface area (Å²) in [7, 11) is -4.18. The number of esters is 1. The van der Waals surface area contributed by atoms with Gasteiger partial charge in [0.05, 0.1) is 28.5 Å². The summed E-state index contributed by atoms with van der Waals surface area (Å²) in [6, 6.07) is 16.7. The molecule has 2 heterocycles. The Morgan fingerprint density at radius 2 is 1.69 bits per heavy atom. The summed E-state index contributed by atoms with van der Waals surface area (Å²) < 4.78 is 38.5. The molecule has 8 nitrogen and oxygen atoms in total. The van der Waals surface area contributed by atoms with E-state index in [2.05, 4.69) is 4.99 Å². The SMILES string of the molecule is CCOC(=O)C1=C(C)N=c2s/c(=C/c3cc(Cl)ccc3OS(=O)(=O)c3ccc(C)cc3)c(=O)n2C1c1ccc(Cl)cc1. The number of halogens is 2. The fraction of sp³-hybridized carbons (Fsp3) is 0.167. The third kappa shape index (κ3) is 5.94. The van der Waals surface area contributed by atoms with E-state index in [1.807, 2.05) is 6.92 Å². The zero-order valence-corrected chi connectivity index (χ0v) is 25.8. The van der Waals surface area contributed by atoms with Crippen molar-refractivity contribution in [2.75, 3.05) is 6.61 Å². The van der Waals surface area contributed by atoms with Crippen molar-refractivity contribution in [1.82, 2.24) is 4.57 Å². The molecular formula is C30H24Cl2N2O6S2. The summed E-state index contributed by atoms with van der Waals surface area (Å²) in [6.45, 7) is 5.38. The van der Waals surface area contributed by atoms with Crippen LogP contribution in [0.2, 0.25) is 10.0 Å². The van der Waals surface area contributed by atoms with Gasteiger partial charge in [-0.05, 0) is 74.9 Å². The zero-order valence-electron chi connectivity index (χ0n) is 22.6. The van der Waals surface area contributed by atoms with Gasteiger partial charge in [0, 0.05) is 15.6 Å². The first kappa shape index (κ1) is 29.8. The second-order valence-electron chi connectivity index (χ2n) is 9.39. The topological polar surface area (TPSA) is 104 Å². The quantitative estimate of drug-likeness (QED) is 0.203. The fourth-order valence-electron chi connectivity index (χ4n) is 4.47. The maximum atomic E-state index is 13.9. The monoisotopic (exact) mass is 642 g/mol. The highest BCUT2D eigenvalue weighted by molar-refractivity contribution is 7.87. The Hall–Kier alpha value is -3.70. The van der Waals surface area contributed by atoms with Gasteiger partial charge < -0.3 is 8.92 Å². The summed E-state index contributed by atoms with van der Waals surface area (Å²) in [5.74, 6) is -0.594. The summed E-state index contributed by atoms with van der Waals surface area (Å²) in [5, 5.41) is 0.812. The highest BCUT2D eigenvalue weighted by atomic mass is 35.5. The second-order valence-corrected chi connectivity index (χ2v) is 12.8. The number of carbonyl (C=O) groups excluding carboxylic acids is 1. The molecule has 3 aromatic carbocycles. The molecule has 0 aliphatic carbocycles. The number of hydrogen-bond acceptors (Lipinski definition) is 8. The Bertz CT molecular complexity index is 2010. The lowest BCUT2D eigenvalue weighted by molar-refractivity contribution is -0.139. The minimum Gasteiger partial charge on any atom is -0.463 e. The predicted molar refractivity (Wildman–Crippen MR) is 162 cm³/mol. The van der Waals surface area contributed by atoms with Crippen molar-refractivity contribution in [3.05, 3.63) is 124 Å². The van der Waals surface area contributed by atoms with Gasteiger partial charge in [-0.2, -0.15) is 8.42 Å². The first-order valence-corrected chi connectivity index (χ1v) is 15.7.